The van der Waals surface area contributed by atoms with Crippen LogP contribution in [0, 0.1) is 0 Å². The first-order valence-corrected chi connectivity index (χ1v) is 8.69. The maximum absolute atomic E-state index is 6.03. The third-order valence-corrected chi connectivity index (χ3v) is 3.98. The molecule has 0 aliphatic carbocycles. The van der Waals surface area contributed by atoms with Crippen molar-refractivity contribution in [3.63, 3.8) is 0 Å². The Morgan fingerprint density at radius 3 is 2.17 bits per heavy atom. The third kappa shape index (κ3) is 6.45. The molecule has 0 aliphatic rings. The summed E-state index contributed by atoms with van der Waals surface area (Å²) in [6.07, 6.45) is 6.30. The Morgan fingerprint density at radius 1 is 0.739 bits per heavy atom. The summed E-state index contributed by atoms with van der Waals surface area (Å²) in [6, 6.07) is 18.8. The first kappa shape index (κ1) is 17.6. The Labute approximate surface area is 141 Å². The minimum Gasteiger partial charge on any atom is -0.493 e. The molecule has 0 spiro atoms. The Hall–Kier alpha value is -1.80. The van der Waals surface area contributed by atoms with Crippen LogP contribution in [0.3, 0.4) is 0 Å². The number of para-hydroxylation sites is 1. The van der Waals surface area contributed by atoms with Crippen molar-refractivity contribution in [2.45, 2.75) is 32.1 Å². The number of unbranched alkanes of at least 4 members (excludes halogenated alkanes) is 4. The van der Waals surface area contributed by atoms with Gasteiger partial charge in [-0.05, 0) is 45.1 Å². The molecule has 2 aromatic rings. The van der Waals surface area contributed by atoms with Crippen molar-refractivity contribution in [3.05, 3.63) is 54.6 Å². The highest BCUT2D eigenvalue weighted by Crippen LogP contribution is 2.29. The van der Waals surface area contributed by atoms with Gasteiger partial charge in [-0.1, -0.05) is 67.8 Å². The van der Waals surface area contributed by atoms with E-state index in [0.29, 0.717) is 0 Å². The Kier molecular flexibility index (Phi) is 7.68. The van der Waals surface area contributed by atoms with Crippen molar-refractivity contribution in [1.29, 1.82) is 0 Å². The van der Waals surface area contributed by atoms with Crippen LogP contribution in [0.15, 0.2) is 54.6 Å². The molecule has 0 N–H and O–H groups in total. The minimum absolute atomic E-state index is 0.803. The molecule has 2 heteroatoms. The summed E-state index contributed by atoms with van der Waals surface area (Å²) in [5.41, 5.74) is 2.39. The highest BCUT2D eigenvalue weighted by atomic mass is 16.5. The van der Waals surface area contributed by atoms with Gasteiger partial charge in [0.25, 0.3) is 0 Å². The molecule has 124 valence electrons. The molecule has 0 saturated carbocycles. The molecule has 2 nitrogen and oxygen atoms in total. The molecule has 0 radical (unpaired) electrons. The van der Waals surface area contributed by atoms with Crippen LogP contribution in [-0.2, 0) is 0 Å². The van der Waals surface area contributed by atoms with Gasteiger partial charge in [-0.15, -0.1) is 0 Å². The summed E-state index contributed by atoms with van der Waals surface area (Å²) in [5.74, 6) is 0.992. The molecule has 0 amide bonds. The zero-order valence-corrected chi connectivity index (χ0v) is 14.5. The standard InChI is InChI=1S/C21H29NO/c1-22(2)17-11-4-3-5-12-18-23-21-16-10-9-15-20(21)19-13-7-6-8-14-19/h6-10,13-16H,3-5,11-12,17-18H2,1-2H3. The van der Waals surface area contributed by atoms with Gasteiger partial charge in [-0.25, -0.2) is 0 Å². The van der Waals surface area contributed by atoms with E-state index in [2.05, 4.69) is 61.5 Å². The zero-order chi connectivity index (χ0) is 16.3. The summed E-state index contributed by atoms with van der Waals surface area (Å²) in [5, 5.41) is 0. The molecular weight excluding hydrogens is 282 g/mol. The predicted octanol–water partition coefficient (Wildman–Crippen LogP) is 5.24. The quantitative estimate of drug-likeness (QED) is 0.556. The number of hydrogen-bond donors (Lipinski definition) is 0. The van der Waals surface area contributed by atoms with E-state index in [0.717, 1.165) is 18.8 Å². The van der Waals surface area contributed by atoms with Crippen molar-refractivity contribution in [2.75, 3.05) is 27.2 Å². The van der Waals surface area contributed by atoms with E-state index in [-0.39, 0.29) is 0 Å². The van der Waals surface area contributed by atoms with Crippen LogP contribution in [-0.4, -0.2) is 32.1 Å². The minimum atomic E-state index is 0.803. The zero-order valence-electron chi connectivity index (χ0n) is 14.5. The Morgan fingerprint density at radius 2 is 1.39 bits per heavy atom. The topological polar surface area (TPSA) is 12.5 Å². The fraction of sp³-hybridized carbons (Fsp3) is 0.429. The maximum atomic E-state index is 6.03. The van der Waals surface area contributed by atoms with Crippen LogP contribution >= 0.6 is 0 Å². The first-order valence-electron chi connectivity index (χ1n) is 8.69. The highest BCUT2D eigenvalue weighted by molar-refractivity contribution is 5.70. The van der Waals surface area contributed by atoms with Crippen LogP contribution in [0.2, 0.25) is 0 Å². The van der Waals surface area contributed by atoms with Crippen molar-refractivity contribution in [1.82, 2.24) is 4.90 Å². The largest absolute Gasteiger partial charge is 0.493 e. The van der Waals surface area contributed by atoms with E-state index in [1.54, 1.807) is 0 Å². The summed E-state index contributed by atoms with van der Waals surface area (Å²) < 4.78 is 6.03. The lowest BCUT2D eigenvalue weighted by atomic mass is 10.1. The van der Waals surface area contributed by atoms with E-state index in [4.69, 9.17) is 4.74 Å². The van der Waals surface area contributed by atoms with Crippen LogP contribution in [0.25, 0.3) is 11.1 Å². The van der Waals surface area contributed by atoms with Gasteiger partial charge in [0.1, 0.15) is 5.75 Å². The summed E-state index contributed by atoms with van der Waals surface area (Å²) in [6.45, 7) is 2.00. The molecule has 0 unspecified atom stereocenters. The van der Waals surface area contributed by atoms with Crippen LogP contribution in [0.1, 0.15) is 32.1 Å². The van der Waals surface area contributed by atoms with Gasteiger partial charge in [0, 0.05) is 5.56 Å². The molecule has 2 rings (SSSR count). The number of hydrogen-bond acceptors (Lipinski definition) is 2. The number of nitrogens with zero attached hydrogens (tertiary/aromatic N) is 1. The lowest BCUT2D eigenvalue weighted by Gasteiger charge is -2.12. The number of benzene rings is 2. The van der Waals surface area contributed by atoms with Gasteiger partial charge in [0.05, 0.1) is 6.61 Å². The summed E-state index contributed by atoms with van der Waals surface area (Å²) in [7, 11) is 4.27. The van der Waals surface area contributed by atoms with Gasteiger partial charge < -0.3 is 9.64 Å². The van der Waals surface area contributed by atoms with Gasteiger partial charge in [-0.2, -0.15) is 0 Å². The fourth-order valence-corrected chi connectivity index (χ4v) is 2.69. The Balaban J connectivity index is 1.72. The molecule has 0 atom stereocenters. The van der Waals surface area contributed by atoms with Crippen molar-refractivity contribution < 1.29 is 4.74 Å². The second-order valence-electron chi connectivity index (χ2n) is 6.28. The van der Waals surface area contributed by atoms with E-state index in [9.17, 15) is 0 Å². The summed E-state index contributed by atoms with van der Waals surface area (Å²) in [4.78, 5) is 2.25. The molecule has 0 bridgehead atoms. The lowest BCUT2D eigenvalue weighted by Crippen LogP contribution is -2.12. The summed E-state index contributed by atoms with van der Waals surface area (Å²) >= 11 is 0. The van der Waals surface area contributed by atoms with E-state index in [1.807, 2.05) is 12.1 Å². The van der Waals surface area contributed by atoms with Gasteiger partial charge >= 0.3 is 0 Å². The molecule has 23 heavy (non-hydrogen) atoms. The SMILES string of the molecule is CN(C)CCCCCCCOc1ccccc1-c1ccccc1. The lowest BCUT2D eigenvalue weighted by molar-refractivity contribution is 0.304. The smallest absolute Gasteiger partial charge is 0.127 e. The second kappa shape index (κ2) is 10.1. The third-order valence-electron chi connectivity index (χ3n) is 3.98. The van der Waals surface area contributed by atoms with Gasteiger partial charge in [-0.3, -0.25) is 0 Å². The first-order chi connectivity index (χ1) is 11.3. The van der Waals surface area contributed by atoms with Gasteiger partial charge in [0.15, 0.2) is 0 Å². The molecule has 2 aromatic carbocycles. The van der Waals surface area contributed by atoms with Gasteiger partial charge in [0.2, 0.25) is 0 Å². The molecule has 0 fully saturated rings. The molecular formula is C21H29NO. The average molecular weight is 311 g/mol. The van der Waals surface area contributed by atoms with Crippen LogP contribution < -0.4 is 4.74 Å². The molecule has 0 aromatic heterocycles. The molecule has 0 heterocycles. The predicted molar refractivity (Wildman–Crippen MR) is 99.0 cm³/mol. The van der Waals surface area contributed by atoms with E-state index < -0.39 is 0 Å². The van der Waals surface area contributed by atoms with Crippen molar-refractivity contribution >= 4 is 0 Å². The maximum Gasteiger partial charge on any atom is 0.127 e. The second-order valence-corrected chi connectivity index (χ2v) is 6.28. The Bertz CT molecular complexity index is 551. The van der Waals surface area contributed by atoms with E-state index >= 15 is 0 Å². The fourth-order valence-electron chi connectivity index (χ4n) is 2.69. The van der Waals surface area contributed by atoms with E-state index in [1.165, 1.54) is 43.4 Å². The molecule has 0 aliphatic heterocycles. The average Bonchev–Trinajstić information content (AvgIpc) is 2.58. The van der Waals surface area contributed by atoms with Crippen LogP contribution in [0.4, 0.5) is 0 Å². The normalized spacial score (nSPS) is 10.9. The van der Waals surface area contributed by atoms with Crippen LogP contribution in [0.5, 0.6) is 5.75 Å². The van der Waals surface area contributed by atoms with Crippen molar-refractivity contribution in [2.24, 2.45) is 0 Å². The van der Waals surface area contributed by atoms with Crippen molar-refractivity contribution in [3.8, 4) is 16.9 Å². The number of rotatable bonds is 10. The monoisotopic (exact) mass is 311 g/mol. The number of ether oxygens (including phenoxy) is 1. The molecule has 0 saturated heterocycles. The highest BCUT2D eigenvalue weighted by Gasteiger charge is 2.04.